The Morgan fingerprint density at radius 1 is 1.29 bits per heavy atom. The standard InChI is InChI=1S/C17H13ClN2O4/c1-10-14(9-21)12-4-2-3-5-16(12)19(10)17(22)13-7-6-11(20(23)24)8-15(13)18/h2-8,21H,9H2,1H3. The van der Waals surface area contributed by atoms with Gasteiger partial charge < -0.3 is 5.11 Å². The number of para-hydroxylation sites is 1. The van der Waals surface area contributed by atoms with E-state index in [1.165, 1.54) is 16.7 Å². The van der Waals surface area contributed by atoms with Gasteiger partial charge >= 0.3 is 0 Å². The molecule has 1 heterocycles. The van der Waals surface area contributed by atoms with Gasteiger partial charge in [-0.05, 0) is 19.1 Å². The highest BCUT2D eigenvalue weighted by atomic mass is 35.5. The number of nitrogens with zero attached hydrogens (tertiary/aromatic N) is 2. The maximum atomic E-state index is 12.9. The van der Waals surface area contributed by atoms with Gasteiger partial charge in [0.15, 0.2) is 0 Å². The number of non-ortho nitro benzene ring substituents is 1. The van der Waals surface area contributed by atoms with Gasteiger partial charge in [0.05, 0.1) is 27.6 Å². The van der Waals surface area contributed by atoms with Crippen molar-refractivity contribution in [2.24, 2.45) is 0 Å². The van der Waals surface area contributed by atoms with Crippen molar-refractivity contribution in [2.75, 3.05) is 0 Å². The first kappa shape index (κ1) is 16.2. The van der Waals surface area contributed by atoms with Gasteiger partial charge in [0.2, 0.25) is 0 Å². The quantitative estimate of drug-likeness (QED) is 0.580. The van der Waals surface area contributed by atoms with Crippen molar-refractivity contribution >= 4 is 34.1 Å². The molecule has 24 heavy (non-hydrogen) atoms. The van der Waals surface area contributed by atoms with Crippen LogP contribution < -0.4 is 0 Å². The molecule has 0 atom stereocenters. The van der Waals surface area contributed by atoms with Gasteiger partial charge in [0, 0.05) is 28.8 Å². The third kappa shape index (κ3) is 2.46. The maximum absolute atomic E-state index is 12.9. The Labute approximate surface area is 142 Å². The molecule has 0 saturated heterocycles. The molecule has 0 bridgehead atoms. The smallest absolute Gasteiger partial charge is 0.270 e. The summed E-state index contributed by atoms with van der Waals surface area (Å²) in [4.78, 5) is 23.2. The molecule has 0 aliphatic carbocycles. The molecule has 0 amide bonds. The van der Waals surface area contributed by atoms with E-state index in [0.29, 0.717) is 16.8 Å². The average molecular weight is 345 g/mol. The van der Waals surface area contributed by atoms with Crippen molar-refractivity contribution in [2.45, 2.75) is 13.5 Å². The number of nitro benzene ring substituents is 1. The molecule has 6 nitrogen and oxygen atoms in total. The van der Waals surface area contributed by atoms with Crippen molar-refractivity contribution in [3.8, 4) is 0 Å². The number of halogens is 1. The maximum Gasteiger partial charge on any atom is 0.270 e. The zero-order chi connectivity index (χ0) is 17.4. The van der Waals surface area contributed by atoms with Crippen LogP contribution in [0.25, 0.3) is 10.9 Å². The van der Waals surface area contributed by atoms with E-state index in [1.807, 2.05) is 12.1 Å². The number of rotatable bonds is 3. The minimum atomic E-state index is -0.569. The van der Waals surface area contributed by atoms with Crippen LogP contribution in [0, 0.1) is 17.0 Å². The highest BCUT2D eigenvalue weighted by Crippen LogP contribution is 2.29. The van der Waals surface area contributed by atoms with E-state index >= 15 is 0 Å². The van der Waals surface area contributed by atoms with E-state index < -0.39 is 10.8 Å². The summed E-state index contributed by atoms with van der Waals surface area (Å²) in [7, 11) is 0. The Hall–Kier alpha value is -2.70. The number of hydrogen-bond donors (Lipinski definition) is 1. The van der Waals surface area contributed by atoms with Crippen LogP contribution in [0.15, 0.2) is 42.5 Å². The molecular formula is C17H13ClN2O4. The second-order valence-electron chi connectivity index (χ2n) is 5.30. The number of carbonyl (C=O) groups is 1. The van der Waals surface area contributed by atoms with E-state index in [2.05, 4.69) is 0 Å². The molecular weight excluding hydrogens is 332 g/mol. The lowest BCUT2D eigenvalue weighted by atomic mass is 10.1. The molecule has 2 aromatic carbocycles. The summed E-state index contributed by atoms with van der Waals surface area (Å²) < 4.78 is 1.47. The zero-order valence-electron chi connectivity index (χ0n) is 12.7. The fourth-order valence-corrected chi connectivity index (χ4v) is 3.06. The van der Waals surface area contributed by atoms with Crippen LogP contribution in [0.1, 0.15) is 21.6 Å². The number of aliphatic hydroxyl groups excluding tert-OH is 1. The molecule has 0 spiro atoms. The average Bonchev–Trinajstić information content (AvgIpc) is 2.85. The minimum Gasteiger partial charge on any atom is -0.392 e. The predicted octanol–water partition coefficient (Wildman–Crippen LogP) is 3.69. The summed E-state index contributed by atoms with van der Waals surface area (Å²) >= 11 is 6.07. The summed E-state index contributed by atoms with van der Waals surface area (Å²) in [6, 6.07) is 11.0. The molecule has 7 heteroatoms. The number of benzene rings is 2. The third-order valence-corrected chi connectivity index (χ3v) is 4.31. The van der Waals surface area contributed by atoms with Crippen LogP contribution in [0.3, 0.4) is 0 Å². The van der Waals surface area contributed by atoms with Crippen LogP contribution in [-0.4, -0.2) is 20.5 Å². The number of carbonyl (C=O) groups excluding carboxylic acids is 1. The summed E-state index contributed by atoms with van der Waals surface area (Å²) in [6.45, 7) is 1.55. The summed E-state index contributed by atoms with van der Waals surface area (Å²) in [5.74, 6) is -0.400. The third-order valence-electron chi connectivity index (χ3n) is 4.00. The van der Waals surface area contributed by atoms with E-state index in [4.69, 9.17) is 11.6 Å². The Bertz CT molecular complexity index is 978. The fourth-order valence-electron chi connectivity index (χ4n) is 2.81. The summed E-state index contributed by atoms with van der Waals surface area (Å²) in [6.07, 6.45) is 0. The summed E-state index contributed by atoms with van der Waals surface area (Å²) in [5.41, 5.74) is 1.91. The lowest BCUT2D eigenvalue weighted by Gasteiger charge is -2.09. The van der Waals surface area contributed by atoms with Crippen molar-refractivity contribution in [1.82, 2.24) is 4.57 Å². The second kappa shape index (κ2) is 6.07. The Morgan fingerprint density at radius 2 is 2.00 bits per heavy atom. The zero-order valence-corrected chi connectivity index (χ0v) is 13.4. The van der Waals surface area contributed by atoms with Gasteiger partial charge in [0.25, 0.3) is 11.6 Å². The van der Waals surface area contributed by atoms with Crippen LogP contribution in [-0.2, 0) is 6.61 Å². The van der Waals surface area contributed by atoms with Gasteiger partial charge in [0.1, 0.15) is 0 Å². The van der Waals surface area contributed by atoms with E-state index in [9.17, 15) is 20.0 Å². The lowest BCUT2D eigenvalue weighted by molar-refractivity contribution is -0.384. The molecule has 0 aliphatic heterocycles. The first-order chi connectivity index (χ1) is 11.5. The predicted molar refractivity (Wildman–Crippen MR) is 90.4 cm³/mol. The van der Waals surface area contributed by atoms with Crippen molar-refractivity contribution in [3.63, 3.8) is 0 Å². The molecule has 0 radical (unpaired) electrons. The normalized spacial score (nSPS) is 11.0. The van der Waals surface area contributed by atoms with E-state index in [-0.39, 0.29) is 22.9 Å². The fraction of sp³-hybridized carbons (Fsp3) is 0.118. The molecule has 3 rings (SSSR count). The molecule has 3 aromatic rings. The number of aliphatic hydroxyl groups is 1. The molecule has 1 N–H and O–H groups in total. The van der Waals surface area contributed by atoms with Gasteiger partial charge in [-0.1, -0.05) is 29.8 Å². The minimum absolute atomic E-state index is 0.0110. The second-order valence-corrected chi connectivity index (χ2v) is 5.71. The van der Waals surface area contributed by atoms with Gasteiger partial charge in [-0.15, -0.1) is 0 Å². The van der Waals surface area contributed by atoms with E-state index in [1.54, 1.807) is 19.1 Å². The molecule has 0 saturated carbocycles. The molecule has 1 aromatic heterocycles. The van der Waals surface area contributed by atoms with Crippen LogP contribution in [0.4, 0.5) is 5.69 Å². The molecule has 0 aliphatic rings. The first-order valence-electron chi connectivity index (χ1n) is 7.14. The Morgan fingerprint density at radius 3 is 2.62 bits per heavy atom. The van der Waals surface area contributed by atoms with Crippen LogP contribution in [0.5, 0.6) is 0 Å². The highest BCUT2D eigenvalue weighted by molar-refractivity contribution is 6.34. The number of hydrogen-bond acceptors (Lipinski definition) is 4. The van der Waals surface area contributed by atoms with Gasteiger partial charge in [-0.25, -0.2) is 0 Å². The number of aromatic nitrogens is 1. The number of fused-ring (bicyclic) bond motifs is 1. The largest absolute Gasteiger partial charge is 0.392 e. The molecule has 0 fully saturated rings. The SMILES string of the molecule is Cc1c(CO)c2ccccc2n1C(=O)c1ccc([N+](=O)[O-])cc1Cl. The van der Waals surface area contributed by atoms with Gasteiger partial charge in [-0.3, -0.25) is 19.5 Å². The Kier molecular flexibility index (Phi) is 4.09. The topological polar surface area (TPSA) is 85.4 Å². The lowest BCUT2D eigenvalue weighted by Crippen LogP contribution is -2.14. The monoisotopic (exact) mass is 344 g/mol. The number of nitro groups is 1. The summed E-state index contributed by atoms with van der Waals surface area (Å²) in [5, 5.41) is 21.2. The van der Waals surface area contributed by atoms with Crippen molar-refractivity contribution < 1.29 is 14.8 Å². The first-order valence-corrected chi connectivity index (χ1v) is 7.52. The van der Waals surface area contributed by atoms with E-state index in [0.717, 1.165) is 11.5 Å². The van der Waals surface area contributed by atoms with Crippen LogP contribution in [0.2, 0.25) is 5.02 Å². The van der Waals surface area contributed by atoms with Crippen molar-refractivity contribution in [1.29, 1.82) is 0 Å². The molecule has 0 unspecified atom stereocenters. The van der Waals surface area contributed by atoms with Crippen molar-refractivity contribution in [3.05, 3.63) is 74.4 Å². The van der Waals surface area contributed by atoms with Gasteiger partial charge in [-0.2, -0.15) is 0 Å². The highest BCUT2D eigenvalue weighted by Gasteiger charge is 2.22. The molecule has 122 valence electrons. The Balaban J connectivity index is 2.20. The van der Waals surface area contributed by atoms with Crippen LogP contribution >= 0.6 is 11.6 Å².